The van der Waals surface area contributed by atoms with E-state index >= 15 is 0 Å². The zero-order chi connectivity index (χ0) is 14.4. The van der Waals surface area contributed by atoms with Crippen LogP contribution in [-0.2, 0) is 11.3 Å². The van der Waals surface area contributed by atoms with Gasteiger partial charge < -0.3 is 15.2 Å². The van der Waals surface area contributed by atoms with Gasteiger partial charge in [0, 0.05) is 31.7 Å². The number of likely N-dealkylation sites (tertiary alicyclic amines) is 1. The van der Waals surface area contributed by atoms with Gasteiger partial charge in [0.05, 0.1) is 19.8 Å². The van der Waals surface area contributed by atoms with Crippen molar-refractivity contribution in [1.82, 2.24) is 4.90 Å². The first-order valence-corrected chi connectivity index (χ1v) is 7.10. The zero-order valence-electron chi connectivity index (χ0n) is 12.0. The second kappa shape index (κ2) is 7.57. The molecule has 1 aliphatic heterocycles. The van der Waals surface area contributed by atoms with Gasteiger partial charge in [0.15, 0.2) is 11.6 Å². The summed E-state index contributed by atoms with van der Waals surface area (Å²) in [7, 11) is 1.49. The molecule has 1 saturated heterocycles. The second-order valence-electron chi connectivity index (χ2n) is 5.07. The van der Waals surface area contributed by atoms with Crippen molar-refractivity contribution in [3.63, 3.8) is 0 Å². The van der Waals surface area contributed by atoms with Crippen LogP contribution in [0.25, 0.3) is 0 Å². The van der Waals surface area contributed by atoms with Crippen LogP contribution in [0.2, 0.25) is 0 Å². The second-order valence-corrected chi connectivity index (χ2v) is 5.07. The molecule has 2 N–H and O–H groups in total. The van der Waals surface area contributed by atoms with E-state index in [1.807, 2.05) is 12.1 Å². The first-order valence-electron chi connectivity index (χ1n) is 7.10. The highest BCUT2D eigenvalue weighted by Gasteiger charge is 2.20. The van der Waals surface area contributed by atoms with Crippen molar-refractivity contribution in [3.8, 4) is 5.75 Å². The molecule has 0 unspecified atom stereocenters. The molecule has 112 valence electrons. The Morgan fingerprint density at radius 1 is 1.35 bits per heavy atom. The largest absolute Gasteiger partial charge is 0.494 e. The lowest BCUT2D eigenvalue weighted by Crippen LogP contribution is -2.37. The van der Waals surface area contributed by atoms with Crippen molar-refractivity contribution in [2.24, 2.45) is 5.73 Å². The summed E-state index contributed by atoms with van der Waals surface area (Å²) < 4.78 is 24.7. The van der Waals surface area contributed by atoms with Crippen molar-refractivity contribution in [3.05, 3.63) is 29.6 Å². The molecule has 0 aromatic heterocycles. The number of methoxy groups -OCH3 is 1. The van der Waals surface area contributed by atoms with E-state index in [4.69, 9.17) is 15.2 Å². The Hall–Kier alpha value is -1.17. The topological polar surface area (TPSA) is 47.7 Å². The maximum Gasteiger partial charge on any atom is 0.169 e. The number of nitrogens with zero attached hydrogens (tertiary/aromatic N) is 1. The molecule has 1 heterocycles. The summed E-state index contributed by atoms with van der Waals surface area (Å²) in [6.07, 6.45) is 2.25. The number of ether oxygens (including phenoxy) is 2. The molecule has 0 amide bonds. The monoisotopic (exact) mass is 282 g/mol. The average Bonchev–Trinajstić information content (AvgIpc) is 2.48. The van der Waals surface area contributed by atoms with Gasteiger partial charge in [-0.2, -0.15) is 0 Å². The molecule has 1 aliphatic rings. The van der Waals surface area contributed by atoms with Crippen molar-refractivity contribution in [1.29, 1.82) is 0 Å². The predicted octanol–water partition coefficient (Wildman–Crippen LogP) is 1.77. The van der Waals surface area contributed by atoms with E-state index in [2.05, 4.69) is 4.90 Å². The Kier molecular flexibility index (Phi) is 5.76. The number of rotatable bonds is 6. The molecular formula is C15H23FN2O2. The van der Waals surface area contributed by atoms with Gasteiger partial charge in [-0.3, -0.25) is 4.90 Å². The Labute approximate surface area is 119 Å². The highest BCUT2D eigenvalue weighted by molar-refractivity contribution is 5.31. The molecule has 0 bridgehead atoms. The first-order chi connectivity index (χ1) is 9.74. The van der Waals surface area contributed by atoms with Gasteiger partial charge in [0.25, 0.3) is 0 Å². The quantitative estimate of drug-likeness (QED) is 0.864. The Morgan fingerprint density at radius 2 is 2.10 bits per heavy atom. The van der Waals surface area contributed by atoms with Crippen LogP contribution in [0, 0.1) is 5.82 Å². The van der Waals surface area contributed by atoms with E-state index in [1.54, 1.807) is 6.07 Å². The van der Waals surface area contributed by atoms with Crippen LogP contribution in [0.1, 0.15) is 18.4 Å². The Morgan fingerprint density at radius 3 is 2.75 bits per heavy atom. The number of halogens is 1. The van der Waals surface area contributed by atoms with Gasteiger partial charge in [0.2, 0.25) is 0 Å². The van der Waals surface area contributed by atoms with Crippen LogP contribution in [0.15, 0.2) is 18.2 Å². The van der Waals surface area contributed by atoms with Gasteiger partial charge in [0.1, 0.15) is 0 Å². The van der Waals surface area contributed by atoms with Gasteiger partial charge in [-0.05, 0) is 18.9 Å². The van der Waals surface area contributed by atoms with E-state index < -0.39 is 0 Å². The third-order valence-electron chi connectivity index (χ3n) is 3.66. The van der Waals surface area contributed by atoms with E-state index in [-0.39, 0.29) is 5.82 Å². The van der Waals surface area contributed by atoms with Crippen molar-refractivity contribution in [2.75, 3.05) is 33.4 Å². The lowest BCUT2D eigenvalue weighted by atomic mass is 10.1. The molecule has 4 nitrogen and oxygen atoms in total. The molecule has 0 atom stereocenters. The van der Waals surface area contributed by atoms with Crippen molar-refractivity contribution >= 4 is 0 Å². The fourth-order valence-corrected chi connectivity index (χ4v) is 2.55. The fourth-order valence-electron chi connectivity index (χ4n) is 2.55. The SMILES string of the molecule is COc1cccc(CN2CCC(OCCN)CC2)c1F. The summed E-state index contributed by atoms with van der Waals surface area (Å²) in [4.78, 5) is 2.25. The molecular weight excluding hydrogens is 259 g/mol. The van der Waals surface area contributed by atoms with E-state index in [0.29, 0.717) is 37.1 Å². The summed E-state index contributed by atoms with van der Waals surface area (Å²) >= 11 is 0. The fraction of sp³-hybridized carbons (Fsp3) is 0.600. The summed E-state index contributed by atoms with van der Waals surface area (Å²) in [6.45, 7) is 3.65. The molecule has 1 fully saturated rings. The molecule has 20 heavy (non-hydrogen) atoms. The lowest BCUT2D eigenvalue weighted by molar-refractivity contribution is 0.00958. The lowest BCUT2D eigenvalue weighted by Gasteiger charge is -2.32. The summed E-state index contributed by atoms with van der Waals surface area (Å²) in [6, 6.07) is 5.29. The highest BCUT2D eigenvalue weighted by Crippen LogP contribution is 2.23. The number of hydrogen-bond acceptors (Lipinski definition) is 4. The van der Waals surface area contributed by atoms with Crippen LogP contribution in [-0.4, -0.2) is 44.4 Å². The number of hydrogen-bond donors (Lipinski definition) is 1. The minimum absolute atomic E-state index is 0.253. The maximum absolute atomic E-state index is 14.1. The molecule has 0 spiro atoms. The first kappa shape index (κ1) is 15.2. The molecule has 0 saturated carbocycles. The van der Waals surface area contributed by atoms with Crippen LogP contribution >= 0.6 is 0 Å². The van der Waals surface area contributed by atoms with Gasteiger partial charge in [-0.1, -0.05) is 12.1 Å². The summed E-state index contributed by atoms with van der Waals surface area (Å²) in [5.41, 5.74) is 6.12. The van der Waals surface area contributed by atoms with Crippen LogP contribution in [0.4, 0.5) is 4.39 Å². The number of benzene rings is 1. The van der Waals surface area contributed by atoms with E-state index in [9.17, 15) is 4.39 Å². The zero-order valence-corrected chi connectivity index (χ0v) is 12.0. The van der Waals surface area contributed by atoms with E-state index in [0.717, 1.165) is 25.9 Å². The number of piperidine rings is 1. The molecule has 1 aromatic carbocycles. The minimum Gasteiger partial charge on any atom is -0.494 e. The van der Waals surface area contributed by atoms with Crippen LogP contribution in [0.3, 0.4) is 0 Å². The molecule has 5 heteroatoms. The van der Waals surface area contributed by atoms with Crippen molar-refractivity contribution in [2.45, 2.75) is 25.5 Å². The van der Waals surface area contributed by atoms with Gasteiger partial charge in [-0.15, -0.1) is 0 Å². The summed E-state index contributed by atoms with van der Waals surface area (Å²) in [5, 5.41) is 0. The molecule has 2 rings (SSSR count). The molecule has 0 radical (unpaired) electrons. The Bertz CT molecular complexity index is 420. The van der Waals surface area contributed by atoms with Crippen LogP contribution < -0.4 is 10.5 Å². The Balaban J connectivity index is 1.86. The minimum atomic E-state index is -0.253. The molecule has 0 aliphatic carbocycles. The average molecular weight is 282 g/mol. The normalized spacial score (nSPS) is 17.4. The third-order valence-corrected chi connectivity index (χ3v) is 3.66. The number of nitrogens with two attached hydrogens (primary N) is 1. The van der Waals surface area contributed by atoms with Gasteiger partial charge in [-0.25, -0.2) is 4.39 Å². The standard InChI is InChI=1S/C15H23FN2O2/c1-19-14-4-2-3-12(15(14)16)11-18-8-5-13(6-9-18)20-10-7-17/h2-4,13H,5-11,17H2,1H3. The predicted molar refractivity (Wildman–Crippen MR) is 76.3 cm³/mol. The highest BCUT2D eigenvalue weighted by atomic mass is 19.1. The summed E-state index contributed by atoms with van der Waals surface area (Å²) in [5.74, 6) is 0.0557. The third kappa shape index (κ3) is 3.91. The molecule has 1 aromatic rings. The van der Waals surface area contributed by atoms with Crippen molar-refractivity contribution < 1.29 is 13.9 Å². The van der Waals surface area contributed by atoms with Crippen LogP contribution in [0.5, 0.6) is 5.75 Å². The van der Waals surface area contributed by atoms with Gasteiger partial charge >= 0.3 is 0 Å². The smallest absolute Gasteiger partial charge is 0.169 e. The maximum atomic E-state index is 14.1. The van der Waals surface area contributed by atoms with E-state index in [1.165, 1.54) is 7.11 Å².